The lowest BCUT2D eigenvalue weighted by Crippen LogP contribution is -2.42. The van der Waals surface area contributed by atoms with E-state index in [4.69, 9.17) is 9.47 Å². The third-order valence-electron chi connectivity index (χ3n) is 3.03. The van der Waals surface area contributed by atoms with Crippen molar-refractivity contribution < 1.29 is 33.4 Å². The van der Waals surface area contributed by atoms with Crippen molar-refractivity contribution in [2.45, 2.75) is 0 Å². The Morgan fingerprint density at radius 2 is 1.67 bits per heavy atom. The highest BCUT2D eigenvalue weighted by Gasteiger charge is 2.14. The van der Waals surface area contributed by atoms with Crippen molar-refractivity contribution in [1.29, 1.82) is 0 Å². The van der Waals surface area contributed by atoms with Crippen LogP contribution in [0, 0.1) is 0 Å². The normalized spacial score (nSPS) is 9.56. The van der Waals surface area contributed by atoms with Crippen LogP contribution in [0.2, 0.25) is 0 Å². The summed E-state index contributed by atoms with van der Waals surface area (Å²) >= 11 is 0. The number of nitrogens with one attached hydrogen (secondary N) is 3. The Balaban J connectivity index is 2.43. The summed E-state index contributed by atoms with van der Waals surface area (Å²) in [4.78, 5) is 46.4. The zero-order valence-corrected chi connectivity index (χ0v) is 15.0. The molecular formula is C17H21N3O7. The minimum Gasteiger partial charge on any atom is -0.497 e. The Morgan fingerprint density at radius 1 is 1.04 bits per heavy atom. The number of amides is 4. The fraction of sp³-hybridized carbons (Fsp3) is 0.294. The molecule has 1 aromatic carbocycles. The number of carbonyl (C=O) groups is 4. The lowest BCUT2D eigenvalue weighted by Gasteiger charge is -2.09. The molecule has 0 bridgehead atoms. The molecular weight excluding hydrogens is 358 g/mol. The third kappa shape index (κ3) is 7.90. The predicted octanol–water partition coefficient (Wildman–Crippen LogP) is -0.0114. The van der Waals surface area contributed by atoms with E-state index in [1.165, 1.54) is 32.4 Å². The molecule has 0 atom stereocenters. The smallest absolute Gasteiger partial charge is 0.325 e. The maximum Gasteiger partial charge on any atom is 0.325 e. The van der Waals surface area contributed by atoms with Gasteiger partial charge in [-0.05, 0) is 12.1 Å². The monoisotopic (exact) mass is 379 g/mol. The molecule has 0 saturated heterocycles. The molecule has 1 rings (SSSR count). The quantitative estimate of drug-likeness (QED) is 0.406. The van der Waals surface area contributed by atoms with E-state index in [1.807, 2.05) is 5.32 Å². The molecule has 0 aliphatic heterocycles. The topological polar surface area (TPSA) is 132 Å². The molecule has 0 aromatic heterocycles. The van der Waals surface area contributed by atoms with Crippen LogP contribution in [-0.2, 0) is 14.3 Å². The van der Waals surface area contributed by atoms with Crippen molar-refractivity contribution in [1.82, 2.24) is 16.0 Å². The molecule has 1 aromatic rings. The zero-order valence-electron chi connectivity index (χ0n) is 15.0. The molecule has 10 heteroatoms. The summed E-state index contributed by atoms with van der Waals surface area (Å²) in [5.41, 5.74) is 0.218. The van der Waals surface area contributed by atoms with Gasteiger partial charge < -0.3 is 24.8 Å². The molecule has 146 valence electrons. The maximum absolute atomic E-state index is 12.1. The Bertz CT molecular complexity index is 696. The van der Waals surface area contributed by atoms with E-state index in [0.717, 1.165) is 0 Å². The average molecular weight is 379 g/mol. The zero-order chi connectivity index (χ0) is 20.2. The number of ether oxygens (including phenoxy) is 3. The van der Waals surface area contributed by atoms with Crippen molar-refractivity contribution in [3.63, 3.8) is 0 Å². The largest absolute Gasteiger partial charge is 0.497 e. The highest BCUT2D eigenvalue weighted by molar-refractivity contribution is 5.97. The van der Waals surface area contributed by atoms with Crippen molar-refractivity contribution in [2.75, 3.05) is 33.9 Å². The predicted molar refractivity (Wildman–Crippen MR) is 94.6 cm³/mol. The van der Waals surface area contributed by atoms with Gasteiger partial charge in [-0.25, -0.2) is 4.79 Å². The van der Waals surface area contributed by atoms with Crippen molar-refractivity contribution in [2.24, 2.45) is 0 Å². The van der Waals surface area contributed by atoms with Crippen LogP contribution in [0.5, 0.6) is 11.5 Å². The first kappa shape index (κ1) is 21.5. The van der Waals surface area contributed by atoms with E-state index >= 15 is 0 Å². The summed E-state index contributed by atoms with van der Waals surface area (Å²) in [5.74, 6) is -1.40. The number of benzene rings is 1. The molecule has 27 heavy (non-hydrogen) atoms. The molecule has 0 saturated carbocycles. The van der Waals surface area contributed by atoms with Crippen LogP contribution in [0.15, 0.2) is 30.9 Å². The minimum absolute atomic E-state index is 0.181. The second kappa shape index (κ2) is 11.1. The van der Waals surface area contributed by atoms with E-state index < -0.39 is 37.0 Å². The second-order valence-electron chi connectivity index (χ2n) is 4.99. The molecule has 0 radical (unpaired) electrons. The fourth-order valence-electron chi connectivity index (χ4n) is 1.76. The number of hydrogen-bond donors (Lipinski definition) is 3. The summed E-state index contributed by atoms with van der Waals surface area (Å²) < 4.78 is 14.8. The van der Waals surface area contributed by atoms with Crippen LogP contribution in [0.4, 0.5) is 4.79 Å². The van der Waals surface area contributed by atoms with Crippen LogP contribution in [-0.4, -0.2) is 57.7 Å². The molecule has 10 nitrogen and oxygen atoms in total. The number of urea groups is 1. The van der Waals surface area contributed by atoms with Crippen LogP contribution < -0.4 is 25.4 Å². The van der Waals surface area contributed by atoms with E-state index in [2.05, 4.69) is 21.9 Å². The third-order valence-corrected chi connectivity index (χ3v) is 3.03. The molecule has 4 amide bonds. The summed E-state index contributed by atoms with van der Waals surface area (Å²) in [7, 11) is 2.88. The Labute approximate surface area is 155 Å². The van der Waals surface area contributed by atoms with Gasteiger partial charge in [-0.15, -0.1) is 6.58 Å². The highest BCUT2D eigenvalue weighted by atomic mass is 16.5. The molecule has 0 aliphatic carbocycles. The molecule has 0 aliphatic rings. The van der Waals surface area contributed by atoms with Gasteiger partial charge in [0.05, 0.1) is 14.2 Å². The minimum atomic E-state index is -0.847. The van der Waals surface area contributed by atoms with Crippen molar-refractivity contribution >= 4 is 23.8 Å². The number of esters is 1. The number of hydrogen-bond acceptors (Lipinski definition) is 7. The molecule has 0 spiro atoms. The summed E-state index contributed by atoms with van der Waals surface area (Å²) in [6.07, 6.45) is 1.44. The first-order valence-corrected chi connectivity index (χ1v) is 7.75. The van der Waals surface area contributed by atoms with E-state index in [0.29, 0.717) is 11.5 Å². The van der Waals surface area contributed by atoms with Gasteiger partial charge in [0.15, 0.2) is 6.61 Å². The first-order chi connectivity index (χ1) is 12.9. The SMILES string of the molecule is C=CCNC(=O)NC(=O)COC(=O)CNC(=O)c1cc(OC)cc(OC)c1. The van der Waals surface area contributed by atoms with Crippen LogP contribution in [0.1, 0.15) is 10.4 Å². The van der Waals surface area contributed by atoms with Crippen molar-refractivity contribution in [3.8, 4) is 11.5 Å². The van der Waals surface area contributed by atoms with Gasteiger partial charge in [0.1, 0.15) is 18.0 Å². The number of rotatable bonds is 9. The van der Waals surface area contributed by atoms with Gasteiger partial charge >= 0.3 is 12.0 Å². The van der Waals surface area contributed by atoms with Gasteiger partial charge in [-0.2, -0.15) is 0 Å². The van der Waals surface area contributed by atoms with E-state index in [1.54, 1.807) is 6.07 Å². The van der Waals surface area contributed by atoms with Gasteiger partial charge in [-0.1, -0.05) is 6.08 Å². The number of imide groups is 1. The molecule has 0 heterocycles. The Hall–Kier alpha value is -3.56. The Kier molecular flexibility index (Phi) is 8.86. The van der Waals surface area contributed by atoms with Crippen molar-refractivity contribution in [3.05, 3.63) is 36.4 Å². The summed E-state index contributed by atoms with van der Waals surface area (Å²) in [6.45, 7) is 2.45. The summed E-state index contributed by atoms with van der Waals surface area (Å²) in [6, 6.07) is 3.79. The number of methoxy groups -OCH3 is 2. The average Bonchev–Trinajstić information content (AvgIpc) is 2.68. The van der Waals surface area contributed by atoms with E-state index in [9.17, 15) is 19.2 Å². The van der Waals surface area contributed by atoms with Crippen LogP contribution in [0.3, 0.4) is 0 Å². The molecule has 3 N–H and O–H groups in total. The van der Waals surface area contributed by atoms with Gasteiger partial charge in [0, 0.05) is 18.2 Å². The fourth-order valence-corrected chi connectivity index (χ4v) is 1.76. The lowest BCUT2D eigenvalue weighted by atomic mass is 10.2. The Morgan fingerprint density at radius 3 is 2.22 bits per heavy atom. The first-order valence-electron chi connectivity index (χ1n) is 7.75. The second-order valence-corrected chi connectivity index (χ2v) is 4.99. The molecule has 0 unspecified atom stereocenters. The summed E-state index contributed by atoms with van der Waals surface area (Å²) in [5, 5.41) is 6.63. The lowest BCUT2D eigenvalue weighted by molar-refractivity contribution is -0.147. The van der Waals surface area contributed by atoms with Crippen LogP contribution >= 0.6 is 0 Å². The highest BCUT2D eigenvalue weighted by Crippen LogP contribution is 2.22. The van der Waals surface area contributed by atoms with Gasteiger partial charge in [-0.3, -0.25) is 19.7 Å². The van der Waals surface area contributed by atoms with E-state index in [-0.39, 0.29) is 12.1 Å². The van der Waals surface area contributed by atoms with Gasteiger partial charge in [0.25, 0.3) is 11.8 Å². The van der Waals surface area contributed by atoms with Crippen LogP contribution in [0.25, 0.3) is 0 Å². The van der Waals surface area contributed by atoms with Gasteiger partial charge in [0.2, 0.25) is 0 Å². The number of carbonyl (C=O) groups excluding carboxylic acids is 4. The standard InChI is InChI=1S/C17H21N3O7/c1-4-5-18-17(24)20-14(21)10-27-15(22)9-19-16(23)11-6-12(25-2)8-13(7-11)26-3/h4,6-8H,1,5,9-10H2,2-3H3,(H,19,23)(H2,18,20,21,24). The maximum atomic E-state index is 12.1. The molecule has 0 fully saturated rings.